The first-order valence-electron chi connectivity index (χ1n) is 10.1. The van der Waals surface area contributed by atoms with Gasteiger partial charge < -0.3 is 14.2 Å². The Hall–Kier alpha value is -2.21. The summed E-state index contributed by atoms with van der Waals surface area (Å²) >= 11 is 0. The molecule has 6 nitrogen and oxygen atoms in total. The first kappa shape index (κ1) is 23.8. The van der Waals surface area contributed by atoms with Gasteiger partial charge in [-0.3, -0.25) is 4.79 Å². The summed E-state index contributed by atoms with van der Waals surface area (Å²) in [7, 11) is 0. The lowest BCUT2D eigenvalue weighted by molar-refractivity contribution is -0.152. The van der Waals surface area contributed by atoms with Crippen molar-refractivity contribution in [3.8, 4) is 5.75 Å². The highest BCUT2D eigenvalue weighted by molar-refractivity contribution is 5.97. The van der Waals surface area contributed by atoms with E-state index in [2.05, 4.69) is 6.92 Å². The first-order valence-corrected chi connectivity index (χ1v) is 10.1. The molecule has 0 N–H and O–H groups in total. The van der Waals surface area contributed by atoms with Gasteiger partial charge in [0, 0.05) is 0 Å². The lowest BCUT2D eigenvalue weighted by Crippen LogP contribution is -2.21. The van der Waals surface area contributed by atoms with Gasteiger partial charge in [-0.2, -0.15) is 0 Å². The zero-order chi connectivity index (χ0) is 20.6. The predicted octanol–water partition coefficient (Wildman–Crippen LogP) is 4.50. The second-order valence-electron chi connectivity index (χ2n) is 6.71. The number of rotatable bonds is 15. The zero-order valence-electron chi connectivity index (χ0n) is 17.0. The number of unbranched alkanes of at least 4 members (excludes halogenated alkanes) is 7. The van der Waals surface area contributed by atoms with Gasteiger partial charge in [-0.05, 0) is 25.5 Å². The second-order valence-corrected chi connectivity index (χ2v) is 6.71. The van der Waals surface area contributed by atoms with E-state index in [0.717, 1.165) is 19.3 Å². The highest BCUT2D eigenvalue weighted by atomic mass is 16.6. The molecule has 0 aromatic heterocycles. The third-order valence-corrected chi connectivity index (χ3v) is 4.19. The zero-order valence-corrected chi connectivity index (χ0v) is 17.0. The smallest absolute Gasteiger partial charge is 0.337 e. The van der Waals surface area contributed by atoms with Crippen LogP contribution in [0.1, 0.15) is 75.6 Å². The third-order valence-electron chi connectivity index (χ3n) is 4.19. The first-order chi connectivity index (χ1) is 13.5. The van der Waals surface area contributed by atoms with Crippen LogP contribution in [-0.4, -0.2) is 37.5 Å². The van der Waals surface area contributed by atoms with E-state index >= 15 is 0 Å². The highest BCUT2D eigenvalue weighted by Gasteiger charge is 2.13. The molecule has 0 atom stereocenters. The van der Waals surface area contributed by atoms with Crippen molar-refractivity contribution in [1.29, 1.82) is 0 Å². The van der Waals surface area contributed by atoms with Crippen molar-refractivity contribution in [2.45, 2.75) is 65.2 Å². The molecular weight excluding hydrogens is 360 g/mol. The molecule has 1 aromatic carbocycles. The molecule has 0 aliphatic carbocycles. The van der Waals surface area contributed by atoms with Gasteiger partial charge in [0.05, 0.1) is 12.2 Å². The van der Waals surface area contributed by atoms with Gasteiger partial charge in [0.15, 0.2) is 5.78 Å². The highest BCUT2D eigenvalue weighted by Crippen LogP contribution is 2.18. The minimum Gasteiger partial charge on any atom is -0.464 e. The van der Waals surface area contributed by atoms with Crippen LogP contribution in [0, 0.1) is 0 Å². The number of esters is 2. The van der Waals surface area contributed by atoms with Crippen molar-refractivity contribution in [2.24, 2.45) is 0 Å². The van der Waals surface area contributed by atoms with E-state index in [1.54, 1.807) is 18.2 Å². The molecule has 0 fully saturated rings. The fourth-order valence-electron chi connectivity index (χ4n) is 2.68. The van der Waals surface area contributed by atoms with Gasteiger partial charge in [0.2, 0.25) is 0 Å². The van der Waals surface area contributed by atoms with E-state index in [9.17, 15) is 14.4 Å². The van der Waals surface area contributed by atoms with Crippen LogP contribution < -0.4 is 4.74 Å². The van der Waals surface area contributed by atoms with Crippen molar-refractivity contribution >= 4 is 17.7 Å². The van der Waals surface area contributed by atoms with Gasteiger partial charge in [-0.25, -0.2) is 9.59 Å². The standard InChI is InChI=1S/C22H32O6/c1-3-4-5-6-7-8-9-12-15-27-21(24)16-26-17-22(25)28-20-14-11-10-13-19(20)18(2)23/h10-11,13-14H,3-9,12,15-17H2,1-2H3. The van der Waals surface area contributed by atoms with Crippen molar-refractivity contribution in [2.75, 3.05) is 19.8 Å². The Kier molecular flexibility index (Phi) is 12.6. The molecule has 0 spiro atoms. The SMILES string of the molecule is CCCCCCCCCCOC(=O)COCC(=O)Oc1ccccc1C(C)=O. The average Bonchev–Trinajstić information content (AvgIpc) is 2.67. The van der Waals surface area contributed by atoms with Crippen molar-refractivity contribution in [3.05, 3.63) is 29.8 Å². The summed E-state index contributed by atoms with van der Waals surface area (Å²) in [5, 5.41) is 0. The molecule has 0 amide bonds. The second kappa shape index (κ2) is 14.8. The van der Waals surface area contributed by atoms with Crippen LogP contribution in [0.2, 0.25) is 0 Å². The van der Waals surface area contributed by atoms with Crippen molar-refractivity contribution in [1.82, 2.24) is 0 Å². The molecule has 28 heavy (non-hydrogen) atoms. The van der Waals surface area contributed by atoms with E-state index < -0.39 is 11.9 Å². The predicted molar refractivity (Wildman–Crippen MR) is 106 cm³/mol. The molecule has 0 aliphatic rings. The molecule has 0 saturated heterocycles. The van der Waals surface area contributed by atoms with Gasteiger partial charge in [0.25, 0.3) is 0 Å². The summed E-state index contributed by atoms with van der Waals surface area (Å²) < 4.78 is 15.2. The summed E-state index contributed by atoms with van der Waals surface area (Å²) in [4.78, 5) is 34.9. The molecule has 1 rings (SSSR count). The molecule has 0 unspecified atom stereocenters. The topological polar surface area (TPSA) is 78.9 Å². The molecule has 1 aromatic rings. The normalized spacial score (nSPS) is 10.5. The van der Waals surface area contributed by atoms with Gasteiger partial charge >= 0.3 is 11.9 Å². The number of hydrogen-bond donors (Lipinski definition) is 0. The summed E-state index contributed by atoms with van der Waals surface area (Å²) in [6.07, 6.45) is 9.39. The van der Waals surface area contributed by atoms with Gasteiger partial charge in [-0.1, -0.05) is 64.0 Å². The van der Waals surface area contributed by atoms with Crippen LogP contribution in [0.3, 0.4) is 0 Å². The molecule has 156 valence electrons. The molecule has 0 radical (unpaired) electrons. The molecular formula is C22H32O6. The number of hydrogen-bond acceptors (Lipinski definition) is 6. The number of carbonyl (C=O) groups excluding carboxylic acids is 3. The number of para-hydroxylation sites is 1. The Morgan fingerprint density at radius 1 is 0.821 bits per heavy atom. The summed E-state index contributed by atoms with van der Waals surface area (Å²) in [5.41, 5.74) is 0.320. The molecule has 0 bridgehead atoms. The third kappa shape index (κ3) is 10.8. The molecule has 0 heterocycles. The Morgan fingerprint density at radius 2 is 1.43 bits per heavy atom. The fourth-order valence-corrected chi connectivity index (χ4v) is 2.68. The van der Waals surface area contributed by atoms with Crippen LogP contribution in [0.4, 0.5) is 0 Å². The largest absolute Gasteiger partial charge is 0.464 e. The Balaban J connectivity index is 2.08. The van der Waals surface area contributed by atoms with Crippen LogP contribution in [0.5, 0.6) is 5.75 Å². The van der Waals surface area contributed by atoms with E-state index in [1.165, 1.54) is 45.1 Å². The molecule has 0 saturated carbocycles. The minimum absolute atomic E-state index is 0.181. The van der Waals surface area contributed by atoms with E-state index in [0.29, 0.717) is 12.2 Å². The number of Topliss-reactive ketones (excluding diaryl/α,β-unsaturated/α-hetero) is 1. The number of ketones is 1. The van der Waals surface area contributed by atoms with E-state index in [4.69, 9.17) is 14.2 Å². The number of benzene rings is 1. The monoisotopic (exact) mass is 392 g/mol. The average molecular weight is 392 g/mol. The summed E-state index contributed by atoms with van der Waals surface area (Å²) in [5.74, 6) is -1.20. The quantitative estimate of drug-likeness (QED) is 0.189. The Morgan fingerprint density at radius 3 is 2.11 bits per heavy atom. The maximum Gasteiger partial charge on any atom is 0.337 e. The van der Waals surface area contributed by atoms with E-state index in [1.807, 2.05) is 0 Å². The fraction of sp³-hybridized carbons (Fsp3) is 0.591. The molecule has 0 aliphatic heterocycles. The van der Waals surface area contributed by atoms with Crippen LogP contribution in [0.25, 0.3) is 0 Å². The summed E-state index contributed by atoms with van der Waals surface area (Å²) in [6, 6.07) is 6.46. The van der Waals surface area contributed by atoms with E-state index in [-0.39, 0.29) is 24.7 Å². The van der Waals surface area contributed by atoms with Gasteiger partial charge in [-0.15, -0.1) is 0 Å². The summed E-state index contributed by atoms with van der Waals surface area (Å²) in [6.45, 7) is 3.27. The Bertz CT molecular complexity index is 611. The number of ether oxygens (including phenoxy) is 3. The maximum atomic E-state index is 11.8. The van der Waals surface area contributed by atoms with Crippen LogP contribution in [-0.2, 0) is 19.1 Å². The van der Waals surface area contributed by atoms with Crippen LogP contribution >= 0.6 is 0 Å². The maximum absolute atomic E-state index is 11.8. The Labute approximate surface area is 167 Å². The lowest BCUT2D eigenvalue weighted by Gasteiger charge is -2.08. The van der Waals surface area contributed by atoms with Crippen molar-refractivity contribution < 1.29 is 28.6 Å². The van der Waals surface area contributed by atoms with Crippen LogP contribution in [0.15, 0.2) is 24.3 Å². The number of carbonyl (C=O) groups is 3. The van der Waals surface area contributed by atoms with Crippen molar-refractivity contribution in [3.63, 3.8) is 0 Å². The van der Waals surface area contributed by atoms with Gasteiger partial charge in [0.1, 0.15) is 19.0 Å². The minimum atomic E-state index is -0.676. The molecule has 6 heteroatoms. The lowest BCUT2D eigenvalue weighted by atomic mass is 10.1.